The van der Waals surface area contributed by atoms with Crippen molar-refractivity contribution in [2.24, 2.45) is 5.73 Å². The van der Waals surface area contributed by atoms with Gasteiger partial charge in [-0.25, -0.2) is 4.98 Å². The minimum absolute atomic E-state index is 0.317. The minimum atomic E-state index is 0.317. The van der Waals surface area contributed by atoms with Crippen molar-refractivity contribution in [1.82, 2.24) is 9.88 Å². The first-order chi connectivity index (χ1) is 7.72. The highest BCUT2D eigenvalue weighted by Gasteiger charge is 2.23. The molecule has 0 amide bonds. The SMILES string of the molecule is CN1Cc2ccc(N3CCC(N)C3)nc2C1. The molecule has 1 unspecified atom stereocenters. The Morgan fingerprint density at radius 3 is 3.00 bits per heavy atom. The van der Waals surface area contributed by atoms with E-state index in [1.165, 1.54) is 11.3 Å². The zero-order valence-electron chi connectivity index (χ0n) is 9.69. The Morgan fingerprint density at radius 2 is 2.25 bits per heavy atom. The molecule has 2 aliphatic rings. The van der Waals surface area contributed by atoms with Crippen LogP contribution in [0.25, 0.3) is 0 Å². The third-order valence-corrected chi connectivity index (χ3v) is 3.46. The number of anilines is 1. The van der Waals surface area contributed by atoms with E-state index < -0.39 is 0 Å². The first kappa shape index (κ1) is 10.1. The van der Waals surface area contributed by atoms with Crippen molar-refractivity contribution in [3.05, 3.63) is 23.4 Å². The van der Waals surface area contributed by atoms with Gasteiger partial charge in [-0.05, 0) is 25.1 Å². The normalized spacial score (nSPS) is 25.1. The summed E-state index contributed by atoms with van der Waals surface area (Å²) in [4.78, 5) is 9.33. The van der Waals surface area contributed by atoms with E-state index in [9.17, 15) is 0 Å². The Labute approximate surface area is 96.1 Å². The lowest BCUT2D eigenvalue weighted by atomic mass is 10.2. The average molecular weight is 218 g/mol. The first-order valence-corrected chi connectivity index (χ1v) is 5.90. The highest BCUT2D eigenvalue weighted by Crippen LogP contribution is 2.24. The topological polar surface area (TPSA) is 45.4 Å². The van der Waals surface area contributed by atoms with Crippen molar-refractivity contribution < 1.29 is 0 Å². The molecule has 3 rings (SSSR count). The maximum atomic E-state index is 5.92. The molecule has 0 aromatic carbocycles. The van der Waals surface area contributed by atoms with Gasteiger partial charge in [-0.2, -0.15) is 0 Å². The molecule has 0 aliphatic carbocycles. The Balaban J connectivity index is 1.85. The lowest BCUT2D eigenvalue weighted by Crippen LogP contribution is -2.27. The molecular weight excluding hydrogens is 200 g/mol. The fraction of sp³-hybridized carbons (Fsp3) is 0.583. The molecule has 3 heterocycles. The summed E-state index contributed by atoms with van der Waals surface area (Å²) in [5, 5.41) is 0. The van der Waals surface area contributed by atoms with Gasteiger partial charge in [0.15, 0.2) is 0 Å². The molecular formula is C12H18N4. The molecule has 86 valence electrons. The fourth-order valence-corrected chi connectivity index (χ4v) is 2.57. The summed E-state index contributed by atoms with van der Waals surface area (Å²) in [7, 11) is 2.13. The van der Waals surface area contributed by atoms with Gasteiger partial charge in [-0.15, -0.1) is 0 Å². The summed E-state index contributed by atoms with van der Waals surface area (Å²) in [6, 6.07) is 4.67. The number of rotatable bonds is 1. The third-order valence-electron chi connectivity index (χ3n) is 3.46. The van der Waals surface area contributed by atoms with Crippen molar-refractivity contribution in [1.29, 1.82) is 0 Å². The van der Waals surface area contributed by atoms with Gasteiger partial charge in [0, 0.05) is 32.2 Å². The van der Waals surface area contributed by atoms with E-state index in [-0.39, 0.29) is 0 Å². The molecule has 1 aromatic rings. The monoisotopic (exact) mass is 218 g/mol. The smallest absolute Gasteiger partial charge is 0.128 e. The molecule has 4 heteroatoms. The number of fused-ring (bicyclic) bond motifs is 1. The van der Waals surface area contributed by atoms with E-state index in [1.807, 2.05) is 0 Å². The second kappa shape index (κ2) is 3.71. The van der Waals surface area contributed by atoms with Gasteiger partial charge in [0.1, 0.15) is 5.82 Å². The zero-order chi connectivity index (χ0) is 11.1. The lowest BCUT2D eigenvalue weighted by molar-refractivity contribution is 0.351. The Hall–Kier alpha value is -1.13. The van der Waals surface area contributed by atoms with Crippen LogP contribution in [0.1, 0.15) is 17.7 Å². The van der Waals surface area contributed by atoms with E-state index in [1.54, 1.807) is 0 Å². The van der Waals surface area contributed by atoms with Crippen LogP contribution in [0, 0.1) is 0 Å². The largest absolute Gasteiger partial charge is 0.355 e. The molecule has 4 nitrogen and oxygen atoms in total. The van der Waals surface area contributed by atoms with Gasteiger partial charge in [-0.1, -0.05) is 6.07 Å². The van der Waals surface area contributed by atoms with Crippen LogP contribution in [0.4, 0.5) is 5.82 Å². The molecule has 0 radical (unpaired) electrons. The quantitative estimate of drug-likeness (QED) is 0.748. The Kier molecular flexibility index (Phi) is 2.33. The van der Waals surface area contributed by atoms with E-state index in [4.69, 9.17) is 10.7 Å². The van der Waals surface area contributed by atoms with Crippen LogP contribution in [0.2, 0.25) is 0 Å². The van der Waals surface area contributed by atoms with Crippen LogP contribution in [0.5, 0.6) is 0 Å². The van der Waals surface area contributed by atoms with Gasteiger partial charge >= 0.3 is 0 Å². The average Bonchev–Trinajstić information content (AvgIpc) is 2.81. The number of nitrogens with two attached hydrogens (primary N) is 1. The summed E-state index contributed by atoms with van der Waals surface area (Å²) in [5.41, 5.74) is 8.53. The van der Waals surface area contributed by atoms with Crippen LogP contribution in [-0.2, 0) is 13.1 Å². The molecule has 1 fully saturated rings. The van der Waals surface area contributed by atoms with Crippen molar-refractivity contribution in [3.8, 4) is 0 Å². The Morgan fingerprint density at radius 1 is 1.38 bits per heavy atom. The van der Waals surface area contributed by atoms with Crippen molar-refractivity contribution in [3.63, 3.8) is 0 Å². The third kappa shape index (κ3) is 1.68. The van der Waals surface area contributed by atoms with Gasteiger partial charge in [0.2, 0.25) is 0 Å². The van der Waals surface area contributed by atoms with Crippen LogP contribution in [-0.4, -0.2) is 36.1 Å². The summed E-state index contributed by atoms with van der Waals surface area (Å²) in [6.07, 6.45) is 1.08. The van der Waals surface area contributed by atoms with E-state index in [0.717, 1.165) is 38.4 Å². The summed E-state index contributed by atoms with van der Waals surface area (Å²) in [6.45, 7) is 4.00. The van der Waals surface area contributed by atoms with Gasteiger partial charge in [0.25, 0.3) is 0 Å². The molecule has 1 atom stereocenters. The van der Waals surface area contributed by atoms with Crippen molar-refractivity contribution >= 4 is 5.82 Å². The van der Waals surface area contributed by atoms with E-state index in [0.29, 0.717) is 6.04 Å². The predicted octanol–water partition coefficient (Wildman–Crippen LogP) is 0.564. The van der Waals surface area contributed by atoms with E-state index in [2.05, 4.69) is 29.0 Å². The number of hydrogen-bond acceptors (Lipinski definition) is 4. The van der Waals surface area contributed by atoms with Crippen LogP contribution < -0.4 is 10.6 Å². The van der Waals surface area contributed by atoms with Gasteiger partial charge < -0.3 is 10.6 Å². The van der Waals surface area contributed by atoms with Crippen LogP contribution in [0.3, 0.4) is 0 Å². The predicted molar refractivity (Wildman–Crippen MR) is 64.2 cm³/mol. The maximum absolute atomic E-state index is 5.92. The van der Waals surface area contributed by atoms with E-state index >= 15 is 0 Å². The second-order valence-corrected chi connectivity index (χ2v) is 4.94. The zero-order valence-corrected chi connectivity index (χ0v) is 9.69. The van der Waals surface area contributed by atoms with Crippen molar-refractivity contribution in [2.45, 2.75) is 25.6 Å². The lowest BCUT2D eigenvalue weighted by Gasteiger charge is -2.17. The van der Waals surface area contributed by atoms with Crippen LogP contribution in [0.15, 0.2) is 12.1 Å². The molecule has 0 bridgehead atoms. The standard InChI is InChI=1S/C12H18N4/c1-15-6-9-2-3-12(14-11(9)8-15)16-5-4-10(13)7-16/h2-3,10H,4-8,13H2,1H3. The molecule has 1 saturated heterocycles. The van der Waals surface area contributed by atoms with Gasteiger partial charge in [0.05, 0.1) is 5.69 Å². The van der Waals surface area contributed by atoms with Crippen molar-refractivity contribution in [2.75, 3.05) is 25.0 Å². The number of nitrogens with zero attached hydrogens (tertiary/aromatic N) is 3. The van der Waals surface area contributed by atoms with Crippen LogP contribution >= 0.6 is 0 Å². The molecule has 2 aliphatic heterocycles. The molecule has 2 N–H and O–H groups in total. The Bertz CT molecular complexity index is 404. The second-order valence-electron chi connectivity index (χ2n) is 4.94. The summed E-state index contributed by atoms with van der Waals surface area (Å²) < 4.78 is 0. The summed E-state index contributed by atoms with van der Waals surface area (Å²) >= 11 is 0. The first-order valence-electron chi connectivity index (χ1n) is 5.90. The highest BCUT2D eigenvalue weighted by molar-refractivity contribution is 5.44. The summed E-state index contributed by atoms with van der Waals surface area (Å²) in [5.74, 6) is 1.10. The number of aromatic nitrogens is 1. The highest BCUT2D eigenvalue weighted by atomic mass is 15.2. The fourth-order valence-electron chi connectivity index (χ4n) is 2.57. The maximum Gasteiger partial charge on any atom is 0.128 e. The molecule has 16 heavy (non-hydrogen) atoms. The molecule has 0 saturated carbocycles. The molecule has 0 spiro atoms. The molecule has 1 aromatic heterocycles. The minimum Gasteiger partial charge on any atom is -0.355 e. The van der Waals surface area contributed by atoms with Gasteiger partial charge in [-0.3, -0.25) is 4.90 Å². The number of pyridine rings is 1. The number of hydrogen-bond donors (Lipinski definition) is 1.